The highest BCUT2D eigenvalue weighted by Crippen LogP contribution is 2.16. The molecule has 2 atom stereocenters. The Hall–Kier alpha value is -0.120. The first-order valence-electron chi connectivity index (χ1n) is 6.71. The second kappa shape index (κ2) is 8.04. The van der Waals surface area contributed by atoms with Gasteiger partial charge in [0.25, 0.3) is 0 Å². The van der Waals surface area contributed by atoms with Crippen LogP contribution >= 0.6 is 0 Å². The molecular formula is C13H27NO2. The molecule has 1 aliphatic rings. The molecule has 0 aromatic carbocycles. The number of hydrogen-bond donors (Lipinski definition) is 1. The van der Waals surface area contributed by atoms with E-state index in [1.54, 1.807) is 0 Å². The van der Waals surface area contributed by atoms with Crippen LogP contribution in [0.1, 0.15) is 39.5 Å². The summed E-state index contributed by atoms with van der Waals surface area (Å²) < 4.78 is 5.61. The van der Waals surface area contributed by atoms with Crippen molar-refractivity contribution in [1.82, 2.24) is 4.90 Å². The minimum Gasteiger partial charge on any atom is -0.394 e. The van der Waals surface area contributed by atoms with Crippen molar-refractivity contribution in [2.75, 3.05) is 32.8 Å². The van der Waals surface area contributed by atoms with Crippen molar-refractivity contribution >= 4 is 0 Å². The molecule has 1 saturated heterocycles. The molecule has 1 N–H and O–H groups in total. The molecule has 1 fully saturated rings. The smallest absolute Gasteiger partial charge is 0.0703 e. The molecule has 0 spiro atoms. The summed E-state index contributed by atoms with van der Waals surface area (Å²) in [6, 6.07) is 0. The van der Waals surface area contributed by atoms with Crippen LogP contribution in [0.25, 0.3) is 0 Å². The maximum atomic E-state index is 8.74. The van der Waals surface area contributed by atoms with Crippen molar-refractivity contribution in [2.45, 2.75) is 45.6 Å². The van der Waals surface area contributed by atoms with Crippen LogP contribution in [-0.4, -0.2) is 49.0 Å². The van der Waals surface area contributed by atoms with Gasteiger partial charge < -0.3 is 14.7 Å². The zero-order valence-corrected chi connectivity index (χ0v) is 10.8. The summed E-state index contributed by atoms with van der Waals surface area (Å²) in [7, 11) is 0. The number of nitrogens with zero attached hydrogens (tertiary/aromatic N) is 1. The lowest BCUT2D eigenvalue weighted by atomic mass is 10.0. The number of aliphatic hydroxyl groups is 1. The summed E-state index contributed by atoms with van der Waals surface area (Å²) in [5, 5.41) is 8.74. The van der Waals surface area contributed by atoms with Gasteiger partial charge in [-0.2, -0.15) is 0 Å². The topological polar surface area (TPSA) is 32.7 Å². The van der Waals surface area contributed by atoms with Crippen LogP contribution in [0, 0.1) is 5.92 Å². The number of piperidine rings is 1. The normalized spacial score (nSPS) is 24.6. The molecule has 0 aliphatic carbocycles. The molecule has 0 saturated carbocycles. The molecule has 16 heavy (non-hydrogen) atoms. The van der Waals surface area contributed by atoms with E-state index in [1.807, 2.05) is 0 Å². The van der Waals surface area contributed by atoms with E-state index in [0.717, 1.165) is 18.9 Å². The van der Waals surface area contributed by atoms with Gasteiger partial charge in [-0.3, -0.25) is 0 Å². The van der Waals surface area contributed by atoms with Gasteiger partial charge >= 0.3 is 0 Å². The van der Waals surface area contributed by atoms with Crippen LogP contribution < -0.4 is 0 Å². The number of rotatable bonds is 7. The molecule has 3 nitrogen and oxygen atoms in total. The van der Waals surface area contributed by atoms with Crippen LogP contribution in [-0.2, 0) is 4.74 Å². The van der Waals surface area contributed by atoms with Gasteiger partial charge in [-0.05, 0) is 31.7 Å². The fourth-order valence-electron chi connectivity index (χ4n) is 2.56. The van der Waals surface area contributed by atoms with Gasteiger partial charge in [0.05, 0.1) is 19.3 Å². The molecule has 96 valence electrons. The Kier molecular flexibility index (Phi) is 7.01. The molecule has 0 aromatic rings. The summed E-state index contributed by atoms with van der Waals surface area (Å²) in [5.74, 6) is 0.793. The Labute approximate surface area is 99.8 Å². The largest absolute Gasteiger partial charge is 0.394 e. The van der Waals surface area contributed by atoms with Crippen LogP contribution in [0.2, 0.25) is 0 Å². The van der Waals surface area contributed by atoms with E-state index in [-0.39, 0.29) is 6.61 Å². The van der Waals surface area contributed by atoms with E-state index < -0.39 is 0 Å². The Morgan fingerprint density at radius 1 is 1.50 bits per heavy atom. The first-order valence-corrected chi connectivity index (χ1v) is 6.71. The lowest BCUT2D eigenvalue weighted by Gasteiger charge is -2.34. The van der Waals surface area contributed by atoms with Crippen molar-refractivity contribution < 1.29 is 9.84 Å². The van der Waals surface area contributed by atoms with Gasteiger partial charge in [0, 0.05) is 13.1 Å². The first kappa shape index (κ1) is 13.9. The zero-order valence-electron chi connectivity index (χ0n) is 10.8. The maximum absolute atomic E-state index is 8.74. The van der Waals surface area contributed by atoms with Crippen LogP contribution in [0.4, 0.5) is 0 Å². The maximum Gasteiger partial charge on any atom is 0.0703 e. The van der Waals surface area contributed by atoms with Gasteiger partial charge in [-0.1, -0.05) is 20.3 Å². The molecular weight excluding hydrogens is 202 g/mol. The van der Waals surface area contributed by atoms with Gasteiger partial charge in [-0.25, -0.2) is 0 Å². The van der Waals surface area contributed by atoms with Crippen LogP contribution in [0.15, 0.2) is 0 Å². The summed E-state index contributed by atoms with van der Waals surface area (Å²) in [4.78, 5) is 2.52. The van der Waals surface area contributed by atoms with Crippen molar-refractivity contribution in [3.63, 3.8) is 0 Å². The highest BCUT2D eigenvalue weighted by Gasteiger charge is 2.21. The molecule has 3 heteroatoms. The van der Waals surface area contributed by atoms with Crippen molar-refractivity contribution in [3.05, 3.63) is 0 Å². The first-order chi connectivity index (χ1) is 7.76. The highest BCUT2D eigenvalue weighted by atomic mass is 16.5. The number of aliphatic hydroxyl groups excluding tert-OH is 1. The Morgan fingerprint density at radius 2 is 2.31 bits per heavy atom. The quantitative estimate of drug-likeness (QED) is 0.723. The van der Waals surface area contributed by atoms with Crippen molar-refractivity contribution in [2.24, 2.45) is 5.92 Å². The van der Waals surface area contributed by atoms with E-state index in [1.165, 1.54) is 32.4 Å². The van der Waals surface area contributed by atoms with E-state index in [0.29, 0.717) is 12.7 Å². The zero-order chi connectivity index (χ0) is 11.8. The number of hydrogen-bond acceptors (Lipinski definition) is 3. The van der Waals surface area contributed by atoms with E-state index in [2.05, 4.69) is 18.7 Å². The monoisotopic (exact) mass is 229 g/mol. The predicted octanol–water partition coefficient (Wildman–Crippen LogP) is 1.90. The molecule has 1 heterocycles. The van der Waals surface area contributed by atoms with Crippen LogP contribution in [0.3, 0.4) is 0 Å². The van der Waals surface area contributed by atoms with E-state index in [9.17, 15) is 0 Å². The Bertz CT molecular complexity index is 175. The second-order valence-corrected chi connectivity index (χ2v) is 5.01. The van der Waals surface area contributed by atoms with Crippen molar-refractivity contribution in [1.29, 1.82) is 0 Å². The minimum atomic E-state index is 0.142. The molecule has 1 rings (SSSR count). The second-order valence-electron chi connectivity index (χ2n) is 5.01. The van der Waals surface area contributed by atoms with Gasteiger partial charge in [0.2, 0.25) is 0 Å². The molecule has 0 amide bonds. The Morgan fingerprint density at radius 3 is 3.00 bits per heavy atom. The SMILES string of the molecule is CCCC(C)CN1CCCC(OCCO)C1. The van der Waals surface area contributed by atoms with E-state index >= 15 is 0 Å². The molecule has 0 bridgehead atoms. The summed E-state index contributed by atoms with van der Waals surface area (Å²) in [5.41, 5.74) is 0. The lowest BCUT2D eigenvalue weighted by molar-refractivity contribution is -0.0172. The average Bonchev–Trinajstić information content (AvgIpc) is 2.27. The minimum absolute atomic E-state index is 0.142. The molecule has 0 aromatic heterocycles. The fourth-order valence-corrected chi connectivity index (χ4v) is 2.56. The van der Waals surface area contributed by atoms with E-state index in [4.69, 9.17) is 9.84 Å². The number of ether oxygens (including phenoxy) is 1. The van der Waals surface area contributed by atoms with Gasteiger partial charge in [-0.15, -0.1) is 0 Å². The predicted molar refractivity (Wildman–Crippen MR) is 66.6 cm³/mol. The third-order valence-electron chi connectivity index (χ3n) is 3.26. The van der Waals surface area contributed by atoms with Crippen LogP contribution in [0.5, 0.6) is 0 Å². The number of likely N-dealkylation sites (tertiary alicyclic amines) is 1. The average molecular weight is 229 g/mol. The third kappa shape index (κ3) is 5.28. The van der Waals surface area contributed by atoms with Gasteiger partial charge in [0.1, 0.15) is 0 Å². The van der Waals surface area contributed by atoms with Crippen molar-refractivity contribution in [3.8, 4) is 0 Å². The summed E-state index contributed by atoms with van der Waals surface area (Å²) >= 11 is 0. The molecule has 1 aliphatic heterocycles. The summed E-state index contributed by atoms with van der Waals surface area (Å²) in [6.07, 6.45) is 5.32. The highest BCUT2D eigenvalue weighted by molar-refractivity contribution is 4.74. The third-order valence-corrected chi connectivity index (χ3v) is 3.26. The lowest BCUT2D eigenvalue weighted by Crippen LogP contribution is -2.41. The standard InChI is InChI=1S/C13H27NO2/c1-3-5-12(2)10-14-7-4-6-13(11-14)16-9-8-15/h12-13,15H,3-11H2,1-2H3. The van der Waals surface area contributed by atoms with Gasteiger partial charge in [0.15, 0.2) is 0 Å². The summed E-state index contributed by atoms with van der Waals surface area (Å²) in [6.45, 7) is 8.68. The fraction of sp³-hybridized carbons (Fsp3) is 1.00. The Balaban J connectivity index is 2.21. The molecule has 2 unspecified atom stereocenters. The molecule has 0 radical (unpaired) electrons.